The zero-order valence-electron chi connectivity index (χ0n) is 18.1. The Labute approximate surface area is 199 Å². The number of piperazine rings is 1. The number of halogens is 1. The number of nitrogens with one attached hydrogen (secondary N) is 1. The Bertz CT molecular complexity index is 1320. The average Bonchev–Trinajstić information content (AvgIpc) is 3.33. The van der Waals surface area contributed by atoms with E-state index in [1.807, 2.05) is 0 Å². The lowest BCUT2D eigenvalue weighted by atomic mass is 10.0. The Morgan fingerprint density at radius 3 is 2.76 bits per heavy atom. The summed E-state index contributed by atoms with van der Waals surface area (Å²) in [4.78, 5) is 15.5. The second kappa shape index (κ2) is 8.72. The number of benzene rings is 1. The van der Waals surface area contributed by atoms with Gasteiger partial charge in [-0.3, -0.25) is 14.8 Å². The summed E-state index contributed by atoms with van der Waals surface area (Å²) in [5.74, 6) is 0.393. The van der Waals surface area contributed by atoms with Crippen LogP contribution in [0.5, 0.6) is 0 Å². The summed E-state index contributed by atoms with van der Waals surface area (Å²) < 4.78 is 34.5. The van der Waals surface area contributed by atoms with Crippen molar-refractivity contribution in [2.24, 2.45) is 7.05 Å². The molecule has 0 bridgehead atoms. The molecule has 2 aromatic heterocycles. The summed E-state index contributed by atoms with van der Waals surface area (Å²) >= 11 is 7.38. The summed E-state index contributed by atoms with van der Waals surface area (Å²) in [5, 5.41) is 19.2. The lowest BCUT2D eigenvalue weighted by Crippen LogP contribution is -2.59. The molecule has 0 radical (unpaired) electrons. The highest BCUT2D eigenvalue weighted by Gasteiger charge is 2.47. The van der Waals surface area contributed by atoms with Crippen molar-refractivity contribution in [2.75, 3.05) is 19.6 Å². The molecule has 0 aliphatic carbocycles. The van der Waals surface area contributed by atoms with E-state index in [9.17, 15) is 18.5 Å². The highest BCUT2D eigenvalue weighted by Crippen LogP contribution is 2.38. The molecule has 0 spiro atoms. The molecule has 0 saturated carbocycles. The molecule has 4 rings (SSSR count). The number of nitro groups is 1. The number of hydrogen-bond acceptors (Lipinski definition) is 9. The molecule has 1 saturated heterocycles. The maximum Gasteiger partial charge on any atom is 0.273 e. The van der Waals surface area contributed by atoms with Gasteiger partial charge in [0, 0.05) is 44.7 Å². The fourth-order valence-electron chi connectivity index (χ4n) is 3.98. The molecule has 1 aliphatic heterocycles. The first-order valence-corrected chi connectivity index (χ1v) is 12.6. The van der Waals surface area contributed by atoms with Crippen LogP contribution in [-0.4, -0.2) is 56.4 Å². The Balaban J connectivity index is 1.71. The van der Waals surface area contributed by atoms with Crippen molar-refractivity contribution in [3.8, 4) is 0 Å². The maximum absolute atomic E-state index is 13.7. The SMILES string of the molecule is Cc1nn(C)c(Cl)c1S(=O)(=O)N1CCNCC1(C)c1nc(Cc2ccccc2[N+](=O)[O-])ns1. The average molecular weight is 512 g/mol. The molecule has 3 aromatic rings. The largest absolute Gasteiger partial charge is 0.313 e. The van der Waals surface area contributed by atoms with Crippen molar-refractivity contribution in [2.45, 2.75) is 30.7 Å². The van der Waals surface area contributed by atoms with Crippen molar-refractivity contribution >= 4 is 38.8 Å². The van der Waals surface area contributed by atoms with E-state index in [-0.39, 0.29) is 28.7 Å². The fraction of sp³-hybridized carbons (Fsp3) is 0.421. The number of sulfonamides is 1. The molecule has 1 unspecified atom stereocenters. The molecule has 176 valence electrons. The van der Waals surface area contributed by atoms with Crippen LogP contribution in [0, 0.1) is 17.0 Å². The van der Waals surface area contributed by atoms with Crippen molar-refractivity contribution < 1.29 is 13.3 Å². The molecular weight excluding hydrogens is 490 g/mol. The van der Waals surface area contributed by atoms with Crippen molar-refractivity contribution in [1.82, 2.24) is 28.8 Å². The van der Waals surface area contributed by atoms with Gasteiger partial charge in [0.1, 0.15) is 20.9 Å². The number of rotatable bonds is 6. The van der Waals surface area contributed by atoms with Gasteiger partial charge >= 0.3 is 0 Å². The molecule has 1 fully saturated rings. The lowest BCUT2D eigenvalue weighted by molar-refractivity contribution is -0.385. The maximum atomic E-state index is 13.7. The van der Waals surface area contributed by atoms with Gasteiger partial charge in [-0.05, 0) is 25.4 Å². The third kappa shape index (κ3) is 4.15. The lowest BCUT2D eigenvalue weighted by Gasteiger charge is -2.42. The van der Waals surface area contributed by atoms with Gasteiger partial charge < -0.3 is 5.32 Å². The minimum atomic E-state index is -4.00. The number of aromatic nitrogens is 4. The summed E-state index contributed by atoms with van der Waals surface area (Å²) in [6.45, 7) is 4.39. The van der Waals surface area contributed by atoms with E-state index < -0.39 is 20.5 Å². The summed E-state index contributed by atoms with van der Waals surface area (Å²) in [6, 6.07) is 6.41. The van der Waals surface area contributed by atoms with Crippen LogP contribution < -0.4 is 5.32 Å². The summed E-state index contributed by atoms with van der Waals surface area (Å²) in [5.41, 5.74) is -0.231. The summed E-state index contributed by atoms with van der Waals surface area (Å²) in [6.07, 6.45) is 0.164. The topological polar surface area (TPSA) is 136 Å². The minimum absolute atomic E-state index is 0.00899. The van der Waals surface area contributed by atoms with Crippen LogP contribution in [0.2, 0.25) is 5.15 Å². The monoisotopic (exact) mass is 511 g/mol. The zero-order chi connectivity index (χ0) is 24.0. The third-order valence-electron chi connectivity index (χ3n) is 5.63. The van der Waals surface area contributed by atoms with Crippen LogP contribution in [0.4, 0.5) is 5.69 Å². The summed E-state index contributed by atoms with van der Waals surface area (Å²) in [7, 11) is -2.41. The van der Waals surface area contributed by atoms with Gasteiger partial charge in [-0.2, -0.15) is 13.8 Å². The van der Waals surface area contributed by atoms with Gasteiger partial charge in [0.05, 0.1) is 16.2 Å². The first-order chi connectivity index (χ1) is 15.6. The molecule has 1 N–H and O–H groups in total. The molecule has 33 heavy (non-hydrogen) atoms. The van der Waals surface area contributed by atoms with Crippen LogP contribution in [0.1, 0.15) is 29.0 Å². The Kier molecular flexibility index (Phi) is 6.26. The number of nitrogens with zero attached hydrogens (tertiary/aromatic N) is 6. The number of aryl methyl sites for hydroxylation is 2. The van der Waals surface area contributed by atoms with E-state index in [0.29, 0.717) is 35.2 Å². The van der Waals surface area contributed by atoms with Gasteiger partial charge in [0.25, 0.3) is 5.69 Å². The number of para-hydroxylation sites is 1. The first kappa shape index (κ1) is 23.7. The van der Waals surface area contributed by atoms with Crippen molar-refractivity contribution in [3.05, 3.63) is 61.6 Å². The van der Waals surface area contributed by atoms with E-state index in [1.54, 1.807) is 39.1 Å². The number of nitro benzene ring substituents is 1. The van der Waals surface area contributed by atoms with Crippen molar-refractivity contribution in [1.29, 1.82) is 0 Å². The molecule has 14 heteroatoms. The molecule has 11 nitrogen and oxygen atoms in total. The number of hydrogen-bond donors (Lipinski definition) is 1. The van der Waals surface area contributed by atoms with Crippen molar-refractivity contribution in [3.63, 3.8) is 0 Å². The van der Waals surface area contributed by atoms with E-state index in [2.05, 4.69) is 19.8 Å². The van der Waals surface area contributed by atoms with Crippen LogP contribution in [0.25, 0.3) is 0 Å². The van der Waals surface area contributed by atoms with Gasteiger partial charge in [-0.1, -0.05) is 29.8 Å². The first-order valence-electron chi connectivity index (χ1n) is 10.0. The zero-order valence-corrected chi connectivity index (χ0v) is 20.5. The Morgan fingerprint density at radius 1 is 1.36 bits per heavy atom. The molecular formula is C19H22ClN7O4S2. The van der Waals surface area contributed by atoms with E-state index >= 15 is 0 Å². The van der Waals surface area contributed by atoms with E-state index in [0.717, 1.165) is 11.5 Å². The predicted molar refractivity (Wildman–Crippen MR) is 123 cm³/mol. The second-order valence-corrected chi connectivity index (χ2v) is 10.8. The normalized spacial score (nSPS) is 19.6. The van der Waals surface area contributed by atoms with Gasteiger partial charge in [0.15, 0.2) is 0 Å². The van der Waals surface area contributed by atoms with Crippen LogP contribution in [0.15, 0.2) is 29.2 Å². The van der Waals surface area contributed by atoms with E-state index in [4.69, 9.17) is 11.6 Å². The molecule has 1 aliphatic rings. The Hall–Kier alpha value is -2.45. The minimum Gasteiger partial charge on any atom is -0.313 e. The third-order valence-corrected chi connectivity index (χ3v) is 9.35. The fourth-order valence-corrected chi connectivity index (χ4v) is 7.32. The van der Waals surface area contributed by atoms with Gasteiger partial charge in [0.2, 0.25) is 10.0 Å². The van der Waals surface area contributed by atoms with Gasteiger partial charge in [-0.15, -0.1) is 0 Å². The quantitative estimate of drug-likeness (QED) is 0.393. The second-order valence-electron chi connectivity index (χ2n) is 7.94. The smallest absolute Gasteiger partial charge is 0.273 e. The standard InChI is InChI=1S/C19H22ClN7O4S2/c1-12-16(17(20)25(3)23-12)33(30,31)26-9-8-21-11-19(26,2)18-22-15(24-32-18)10-13-6-4-5-7-14(13)27(28)29/h4-7,21H,8-11H2,1-3H3. The Morgan fingerprint density at radius 2 is 2.09 bits per heavy atom. The van der Waals surface area contributed by atoms with Crippen LogP contribution >= 0.6 is 23.1 Å². The molecule has 1 aromatic carbocycles. The van der Waals surface area contributed by atoms with E-state index in [1.165, 1.54) is 15.1 Å². The van der Waals surface area contributed by atoms with Gasteiger partial charge in [-0.25, -0.2) is 13.4 Å². The van der Waals surface area contributed by atoms with Crippen LogP contribution in [-0.2, 0) is 29.0 Å². The molecule has 0 amide bonds. The molecule has 3 heterocycles. The highest BCUT2D eigenvalue weighted by molar-refractivity contribution is 7.89. The van der Waals surface area contributed by atoms with Crippen LogP contribution in [0.3, 0.4) is 0 Å². The molecule has 1 atom stereocenters. The highest BCUT2D eigenvalue weighted by atomic mass is 35.5. The predicted octanol–water partition coefficient (Wildman–Crippen LogP) is 2.24.